The van der Waals surface area contributed by atoms with Gasteiger partial charge in [0.15, 0.2) is 5.60 Å². The van der Waals surface area contributed by atoms with Crippen LogP contribution in [0.5, 0.6) is 0 Å². The lowest BCUT2D eigenvalue weighted by Crippen LogP contribution is -2.44. The molecule has 0 spiro atoms. The molecule has 3 N–H and O–H groups in total. The van der Waals surface area contributed by atoms with E-state index in [9.17, 15) is 10.1 Å². The van der Waals surface area contributed by atoms with Gasteiger partial charge in [0.05, 0.1) is 28.8 Å². The third-order valence-corrected chi connectivity index (χ3v) is 9.16. The highest BCUT2D eigenvalue weighted by Crippen LogP contribution is 2.42. The highest BCUT2D eigenvalue weighted by Gasteiger charge is 2.54. The number of carbonyl (C=O) groups excluding carboxylic acids is 1. The van der Waals surface area contributed by atoms with E-state index in [0.717, 1.165) is 55.6 Å². The van der Waals surface area contributed by atoms with Crippen molar-refractivity contribution in [3.8, 4) is 17.3 Å². The molecule has 244 valence electrons. The second-order valence-corrected chi connectivity index (χ2v) is 14.3. The Morgan fingerprint density at radius 2 is 1.84 bits per heavy atom. The summed E-state index contributed by atoms with van der Waals surface area (Å²) in [6.45, 7) is 9.98. The molecule has 0 radical (unpaired) electrons. The number of nitrogens with zero attached hydrogens (tertiary/aromatic N) is 3. The predicted octanol–water partition coefficient (Wildman–Crippen LogP) is 6.12. The Balaban J connectivity index is 1.10. The number of aromatic nitrogens is 2. The molecule has 2 saturated carbocycles. The minimum atomic E-state index is -0.756. The Kier molecular flexibility index (Phi) is 10.5. The quantitative estimate of drug-likeness (QED) is 0.234. The predicted molar refractivity (Wildman–Crippen MR) is 175 cm³/mol. The highest BCUT2D eigenvalue weighted by atomic mass is 35.5. The van der Waals surface area contributed by atoms with Gasteiger partial charge in [0.25, 0.3) is 0 Å². The fraction of sp³-hybridized carbons (Fsp3) is 0.647. The summed E-state index contributed by atoms with van der Waals surface area (Å²) in [7, 11) is 0. The first kappa shape index (κ1) is 33.4. The number of hydrogen-bond acceptors (Lipinski definition) is 10. The van der Waals surface area contributed by atoms with E-state index in [0.29, 0.717) is 62.1 Å². The van der Waals surface area contributed by atoms with Crippen LogP contribution < -0.4 is 16.0 Å². The SMILES string of the molecule is CC(COC1(C(=O)OC(C)(C)C)CC1)NC1CCC(Nc2cc(-c3cccc(NCC4(C#N)CCOCC4)n3)c(Cl)cn2)CC1. The summed E-state index contributed by atoms with van der Waals surface area (Å²) in [6, 6.07) is 11.1. The van der Waals surface area contributed by atoms with Crippen LogP contribution in [0.15, 0.2) is 30.5 Å². The van der Waals surface area contributed by atoms with Gasteiger partial charge in [-0.15, -0.1) is 0 Å². The number of anilines is 2. The van der Waals surface area contributed by atoms with E-state index in [2.05, 4.69) is 33.9 Å². The maximum atomic E-state index is 12.6. The van der Waals surface area contributed by atoms with Crippen LogP contribution in [-0.2, 0) is 19.0 Å². The van der Waals surface area contributed by atoms with Gasteiger partial charge in [0.1, 0.15) is 17.2 Å². The number of esters is 1. The zero-order valence-corrected chi connectivity index (χ0v) is 27.7. The van der Waals surface area contributed by atoms with Gasteiger partial charge in [-0.25, -0.2) is 14.8 Å². The van der Waals surface area contributed by atoms with Crippen LogP contribution in [0.3, 0.4) is 0 Å². The molecule has 3 heterocycles. The second kappa shape index (κ2) is 14.2. The van der Waals surface area contributed by atoms with Gasteiger partial charge in [-0.05, 0) is 97.3 Å². The molecular formula is C34H47ClN6O4. The monoisotopic (exact) mass is 638 g/mol. The number of nitriles is 1. The highest BCUT2D eigenvalue weighted by molar-refractivity contribution is 6.33. The molecule has 0 bridgehead atoms. The van der Waals surface area contributed by atoms with Crippen molar-refractivity contribution in [2.45, 2.75) is 108 Å². The average Bonchev–Trinajstić information content (AvgIpc) is 3.82. The van der Waals surface area contributed by atoms with Gasteiger partial charge in [-0.1, -0.05) is 17.7 Å². The van der Waals surface area contributed by atoms with Crippen molar-refractivity contribution in [1.29, 1.82) is 5.26 Å². The maximum absolute atomic E-state index is 12.6. The van der Waals surface area contributed by atoms with Crippen molar-refractivity contribution in [3.63, 3.8) is 0 Å². The molecule has 1 unspecified atom stereocenters. The van der Waals surface area contributed by atoms with E-state index in [1.807, 2.05) is 45.0 Å². The molecule has 3 aliphatic rings. The Bertz CT molecular complexity index is 1360. The first-order valence-electron chi connectivity index (χ1n) is 16.2. The fourth-order valence-corrected chi connectivity index (χ4v) is 6.19. The van der Waals surface area contributed by atoms with Crippen molar-refractivity contribution in [3.05, 3.63) is 35.5 Å². The Morgan fingerprint density at radius 3 is 2.51 bits per heavy atom. The first-order chi connectivity index (χ1) is 21.5. The van der Waals surface area contributed by atoms with Gasteiger partial charge in [0, 0.05) is 49.6 Å². The van der Waals surface area contributed by atoms with Crippen molar-refractivity contribution in [2.24, 2.45) is 5.41 Å². The van der Waals surface area contributed by atoms with Crippen LogP contribution in [0.1, 0.15) is 79.1 Å². The number of ether oxygens (including phenoxy) is 3. The van der Waals surface area contributed by atoms with Crippen LogP contribution in [-0.4, -0.2) is 71.6 Å². The summed E-state index contributed by atoms with van der Waals surface area (Å²) in [5, 5.41) is 21.0. The zero-order valence-electron chi connectivity index (χ0n) is 27.0. The average molecular weight is 639 g/mol. The van der Waals surface area contributed by atoms with Crippen LogP contribution in [0.4, 0.5) is 11.6 Å². The summed E-state index contributed by atoms with van der Waals surface area (Å²) >= 11 is 6.59. The third kappa shape index (κ3) is 9.07. The largest absolute Gasteiger partial charge is 0.458 e. The summed E-state index contributed by atoms with van der Waals surface area (Å²) < 4.78 is 17.1. The fourth-order valence-electron chi connectivity index (χ4n) is 5.99. The van der Waals surface area contributed by atoms with E-state index in [-0.39, 0.29) is 12.0 Å². The molecule has 1 atom stereocenters. The molecule has 2 aromatic heterocycles. The lowest BCUT2D eigenvalue weighted by Gasteiger charge is -2.32. The van der Waals surface area contributed by atoms with E-state index in [1.54, 1.807) is 6.20 Å². The summed E-state index contributed by atoms with van der Waals surface area (Å²) in [6.07, 6.45) is 8.63. The molecule has 3 fully saturated rings. The molecular weight excluding hydrogens is 592 g/mol. The van der Waals surface area contributed by atoms with Gasteiger partial charge in [-0.3, -0.25) is 0 Å². The molecule has 45 heavy (non-hydrogen) atoms. The molecule has 10 nitrogen and oxygen atoms in total. The van der Waals surface area contributed by atoms with Gasteiger partial charge < -0.3 is 30.2 Å². The zero-order chi connectivity index (χ0) is 32.1. The van der Waals surface area contributed by atoms with Crippen molar-refractivity contribution in [1.82, 2.24) is 15.3 Å². The van der Waals surface area contributed by atoms with Gasteiger partial charge >= 0.3 is 5.97 Å². The van der Waals surface area contributed by atoms with E-state index in [4.69, 9.17) is 30.8 Å². The molecule has 0 amide bonds. The summed E-state index contributed by atoms with van der Waals surface area (Å²) in [5.41, 5.74) is -0.153. The lowest BCUT2D eigenvalue weighted by atomic mass is 9.82. The Labute approximate surface area is 272 Å². The Hall–Kier alpha value is -2.97. The minimum Gasteiger partial charge on any atom is -0.458 e. The van der Waals surface area contributed by atoms with Gasteiger partial charge in [0.2, 0.25) is 0 Å². The lowest BCUT2D eigenvalue weighted by molar-refractivity contribution is -0.172. The first-order valence-corrected chi connectivity index (χ1v) is 16.6. The van der Waals surface area contributed by atoms with Crippen molar-refractivity contribution >= 4 is 29.2 Å². The second-order valence-electron chi connectivity index (χ2n) is 13.9. The number of halogens is 1. The summed E-state index contributed by atoms with van der Waals surface area (Å²) in [5.74, 6) is 1.24. The standard InChI is InChI=1S/C34H47ClN6O4/c1-23(20-44-34(12-13-34)31(42)45-32(2,3)4)39-24-8-10-25(11-9-24)40-30-18-26(27(35)19-37-30)28-6-5-7-29(41-28)38-22-33(21-36)14-16-43-17-15-33/h5-7,18-19,23-25,39H,8-17,20,22H2,1-4H3,(H,37,40)(H,38,41). The normalized spacial score (nSPS) is 22.9. The molecule has 2 aromatic rings. The number of nitrogens with one attached hydrogen (secondary N) is 3. The maximum Gasteiger partial charge on any atom is 0.338 e. The molecule has 5 rings (SSSR count). The van der Waals surface area contributed by atoms with Gasteiger partial charge in [-0.2, -0.15) is 5.26 Å². The van der Waals surface area contributed by atoms with E-state index in [1.165, 1.54) is 0 Å². The third-order valence-electron chi connectivity index (χ3n) is 8.86. The van der Waals surface area contributed by atoms with Crippen molar-refractivity contribution < 1.29 is 19.0 Å². The van der Waals surface area contributed by atoms with E-state index >= 15 is 0 Å². The number of hydrogen-bond donors (Lipinski definition) is 3. The number of pyridine rings is 2. The Morgan fingerprint density at radius 1 is 1.13 bits per heavy atom. The molecule has 1 saturated heterocycles. The van der Waals surface area contributed by atoms with Crippen LogP contribution in [0.2, 0.25) is 5.02 Å². The van der Waals surface area contributed by atoms with Crippen LogP contribution in [0.25, 0.3) is 11.3 Å². The smallest absolute Gasteiger partial charge is 0.338 e. The van der Waals surface area contributed by atoms with Crippen molar-refractivity contribution in [2.75, 3.05) is 37.0 Å². The molecule has 11 heteroatoms. The minimum absolute atomic E-state index is 0.139. The molecule has 1 aliphatic heterocycles. The molecule has 0 aromatic carbocycles. The van der Waals surface area contributed by atoms with Crippen LogP contribution in [0, 0.1) is 16.7 Å². The van der Waals surface area contributed by atoms with Crippen LogP contribution >= 0.6 is 11.6 Å². The summed E-state index contributed by atoms with van der Waals surface area (Å²) in [4.78, 5) is 21.9. The topological polar surface area (TPSA) is 130 Å². The van der Waals surface area contributed by atoms with E-state index < -0.39 is 16.6 Å². The molecule has 2 aliphatic carbocycles. The number of carbonyl (C=O) groups is 1. The number of rotatable bonds is 12.